The van der Waals surface area contributed by atoms with Crippen molar-refractivity contribution in [2.75, 3.05) is 26.5 Å². The minimum absolute atomic E-state index is 0.161. The summed E-state index contributed by atoms with van der Waals surface area (Å²) in [5.74, 6) is 0. The molecule has 78 valence electrons. The van der Waals surface area contributed by atoms with E-state index in [2.05, 4.69) is 0 Å². The summed E-state index contributed by atoms with van der Waals surface area (Å²) in [6, 6.07) is 9.91. The van der Waals surface area contributed by atoms with Crippen LogP contribution in [0.15, 0.2) is 30.3 Å². The van der Waals surface area contributed by atoms with Gasteiger partial charge in [0.15, 0.2) is 0 Å². The van der Waals surface area contributed by atoms with Crippen molar-refractivity contribution in [1.29, 1.82) is 0 Å². The lowest BCUT2D eigenvalue weighted by Gasteiger charge is -2.04. The molecule has 0 aliphatic heterocycles. The minimum Gasteiger partial charge on any atom is -0.376 e. The SMILES string of the molecule is FCCOCCOCc1ccccc1. The molecule has 3 heteroatoms. The molecule has 0 fully saturated rings. The summed E-state index contributed by atoms with van der Waals surface area (Å²) in [6.07, 6.45) is 0. The van der Waals surface area contributed by atoms with Crippen LogP contribution in [0, 0.1) is 0 Å². The highest BCUT2D eigenvalue weighted by atomic mass is 19.1. The molecule has 0 aromatic heterocycles. The molecule has 0 saturated heterocycles. The zero-order valence-corrected chi connectivity index (χ0v) is 8.12. The van der Waals surface area contributed by atoms with Crippen molar-refractivity contribution in [3.05, 3.63) is 35.9 Å². The molecule has 0 aliphatic rings. The van der Waals surface area contributed by atoms with E-state index >= 15 is 0 Å². The third-order valence-corrected chi connectivity index (χ3v) is 1.71. The molecule has 0 atom stereocenters. The lowest BCUT2D eigenvalue weighted by atomic mass is 10.2. The number of hydrogen-bond acceptors (Lipinski definition) is 2. The van der Waals surface area contributed by atoms with Crippen LogP contribution in [0.3, 0.4) is 0 Å². The van der Waals surface area contributed by atoms with Crippen LogP contribution in [0.1, 0.15) is 5.56 Å². The molecule has 1 rings (SSSR count). The molecule has 0 radical (unpaired) electrons. The van der Waals surface area contributed by atoms with Crippen LogP contribution < -0.4 is 0 Å². The summed E-state index contributed by atoms with van der Waals surface area (Å²) in [5.41, 5.74) is 1.14. The zero-order valence-electron chi connectivity index (χ0n) is 8.12. The predicted octanol–water partition coefficient (Wildman–Crippen LogP) is 2.19. The summed E-state index contributed by atoms with van der Waals surface area (Å²) in [6.45, 7) is 1.28. The Kier molecular flexibility index (Phi) is 5.95. The second-order valence-corrected chi connectivity index (χ2v) is 2.84. The van der Waals surface area contributed by atoms with Crippen LogP contribution in [0.4, 0.5) is 4.39 Å². The number of rotatable bonds is 7. The number of benzene rings is 1. The minimum atomic E-state index is -0.432. The molecule has 0 bridgehead atoms. The van der Waals surface area contributed by atoms with Gasteiger partial charge in [0.05, 0.1) is 26.4 Å². The molecule has 2 nitrogen and oxygen atoms in total. The van der Waals surface area contributed by atoms with Gasteiger partial charge in [-0.2, -0.15) is 0 Å². The van der Waals surface area contributed by atoms with E-state index in [0.717, 1.165) is 5.56 Å². The molecule has 0 aliphatic carbocycles. The largest absolute Gasteiger partial charge is 0.376 e. The van der Waals surface area contributed by atoms with Crippen molar-refractivity contribution < 1.29 is 13.9 Å². The van der Waals surface area contributed by atoms with Crippen LogP contribution >= 0.6 is 0 Å². The Morgan fingerprint density at radius 1 is 0.929 bits per heavy atom. The Bertz CT molecular complexity index is 226. The lowest BCUT2D eigenvalue weighted by molar-refractivity contribution is 0.0362. The highest BCUT2D eigenvalue weighted by Crippen LogP contribution is 1.99. The predicted molar refractivity (Wildman–Crippen MR) is 52.9 cm³/mol. The maximum atomic E-state index is 11.6. The van der Waals surface area contributed by atoms with E-state index in [1.165, 1.54) is 0 Å². The standard InChI is InChI=1S/C11H15FO2/c12-6-7-13-8-9-14-10-11-4-2-1-3-5-11/h1-5H,6-10H2. The van der Waals surface area contributed by atoms with Crippen molar-refractivity contribution in [1.82, 2.24) is 0 Å². The van der Waals surface area contributed by atoms with Gasteiger partial charge in [-0.1, -0.05) is 30.3 Å². The van der Waals surface area contributed by atoms with Crippen LogP contribution in [0.2, 0.25) is 0 Å². The first kappa shape index (κ1) is 11.1. The van der Waals surface area contributed by atoms with Gasteiger partial charge in [-0.25, -0.2) is 4.39 Å². The van der Waals surface area contributed by atoms with E-state index in [-0.39, 0.29) is 6.61 Å². The molecule has 1 aromatic rings. The average Bonchev–Trinajstić information content (AvgIpc) is 2.25. The van der Waals surface area contributed by atoms with Gasteiger partial charge < -0.3 is 9.47 Å². The van der Waals surface area contributed by atoms with Gasteiger partial charge in [0.2, 0.25) is 0 Å². The Morgan fingerprint density at radius 2 is 1.64 bits per heavy atom. The average molecular weight is 198 g/mol. The number of hydrogen-bond donors (Lipinski definition) is 0. The third-order valence-electron chi connectivity index (χ3n) is 1.71. The number of alkyl halides is 1. The second-order valence-electron chi connectivity index (χ2n) is 2.84. The van der Waals surface area contributed by atoms with Crippen LogP contribution in [0.5, 0.6) is 0 Å². The van der Waals surface area contributed by atoms with E-state index in [4.69, 9.17) is 9.47 Å². The van der Waals surface area contributed by atoms with E-state index in [0.29, 0.717) is 19.8 Å². The van der Waals surface area contributed by atoms with Gasteiger partial charge in [0.1, 0.15) is 6.67 Å². The normalized spacial score (nSPS) is 10.4. The Labute approximate surface area is 83.6 Å². The van der Waals surface area contributed by atoms with E-state index in [1.807, 2.05) is 30.3 Å². The number of ether oxygens (including phenoxy) is 2. The van der Waals surface area contributed by atoms with E-state index in [9.17, 15) is 4.39 Å². The van der Waals surface area contributed by atoms with Gasteiger partial charge in [0.25, 0.3) is 0 Å². The highest BCUT2D eigenvalue weighted by Gasteiger charge is 1.91. The first-order valence-electron chi connectivity index (χ1n) is 4.69. The Morgan fingerprint density at radius 3 is 2.36 bits per heavy atom. The van der Waals surface area contributed by atoms with Crippen molar-refractivity contribution >= 4 is 0 Å². The summed E-state index contributed by atoms with van der Waals surface area (Å²) >= 11 is 0. The first-order chi connectivity index (χ1) is 6.93. The summed E-state index contributed by atoms with van der Waals surface area (Å²) in [5, 5.41) is 0. The van der Waals surface area contributed by atoms with Crippen LogP contribution in [-0.4, -0.2) is 26.5 Å². The second kappa shape index (κ2) is 7.47. The summed E-state index contributed by atoms with van der Waals surface area (Å²) in [7, 11) is 0. The van der Waals surface area contributed by atoms with Gasteiger partial charge in [-0.05, 0) is 5.56 Å². The van der Waals surface area contributed by atoms with Crippen molar-refractivity contribution in [2.45, 2.75) is 6.61 Å². The molecule has 0 unspecified atom stereocenters. The highest BCUT2D eigenvalue weighted by molar-refractivity contribution is 5.13. The maximum Gasteiger partial charge on any atom is 0.113 e. The van der Waals surface area contributed by atoms with Crippen molar-refractivity contribution in [3.8, 4) is 0 Å². The molecular formula is C11H15FO2. The summed E-state index contributed by atoms with van der Waals surface area (Å²) in [4.78, 5) is 0. The van der Waals surface area contributed by atoms with E-state index < -0.39 is 6.67 Å². The fourth-order valence-corrected chi connectivity index (χ4v) is 1.04. The lowest BCUT2D eigenvalue weighted by Crippen LogP contribution is -2.05. The Balaban J connectivity index is 1.99. The zero-order chi connectivity index (χ0) is 10.1. The summed E-state index contributed by atoms with van der Waals surface area (Å²) < 4.78 is 21.8. The van der Waals surface area contributed by atoms with Gasteiger partial charge in [-0.15, -0.1) is 0 Å². The van der Waals surface area contributed by atoms with Gasteiger partial charge in [0, 0.05) is 0 Å². The number of halogens is 1. The molecule has 0 spiro atoms. The Hall–Kier alpha value is -0.930. The van der Waals surface area contributed by atoms with Gasteiger partial charge in [-0.3, -0.25) is 0 Å². The quantitative estimate of drug-likeness (QED) is 0.625. The fraction of sp³-hybridized carbons (Fsp3) is 0.455. The molecule has 0 N–H and O–H groups in total. The van der Waals surface area contributed by atoms with E-state index in [1.54, 1.807) is 0 Å². The maximum absolute atomic E-state index is 11.6. The van der Waals surface area contributed by atoms with Gasteiger partial charge >= 0.3 is 0 Å². The fourth-order valence-electron chi connectivity index (χ4n) is 1.04. The molecule has 0 heterocycles. The first-order valence-corrected chi connectivity index (χ1v) is 4.69. The van der Waals surface area contributed by atoms with Crippen LogP contribution in [-0.2, 0) is 16.1 Å². The van der Waals surface area contributed by atoms with Crippen molar-refractivity contribution in [2.24, 2.45) is 0 Å². The molecule has 14 heavy (non-hydrogen) atoms. The molecular weight excluding hydrogens is 183 g/mol. The molecule has 1 aromatic carbocycles. The smallest absolute Gasteiger partial charge is 0.113 e. The molecule has 0 saturated carbocycles. The third kappa shape index (κ3) is 4.94. The van der Waals surface area contributed by atoms with Crippen LogP contribution in [0.25, 0.3) is 0 Å². The monoisotopic (exact) mass is 198 g/mol. The molecule has 0 amide bonds. The van der Waals surface area contributed by atoms with Crippen molar-refractivity contribution in [3.63, 3.8) is 0 Å². The topological polar surface area (TPSA) is 18.5 Å².